The molecule has 0 aromatic carbocycles. The first-order valence-corrected chi connectivity index (χ1v) is 40.0. The summed E-state index contributed by atoms with van der Waals surface area (Å²) in [6, 6.07) is 0. The van der Waals surface area contributed by atoms with Crippen LogP contribution in [0.4, 0.5) is 0 Å². The highest BCUT2D eigenvalue weighted by Crippen LogP contribution is 2.42. The Balaban J connectivity index is 0.00000745. The molecule has 0 radical (unpaired) electrons. The molecule has 0 saturated heterocycles. The molecule has 1 aliphatic carbocycles. The van der Waals surface area contributed by atoms with Crippen LogP contribution in [-0.4, -0.2) is 90.1 Å². The van der Waals surface area contributed by atoms with Crippen molar-refractivity contribution >= 4 is 29.8 Å². The van der Waals surface area contributed by atoms with Crippen molar-refractivity contribution in [3.05, 3.63) is 46.0 Å². The van der Waals surface area contributed by atoms with E-state index in [0.717, 1.165) is 165 Å². The zero-order valence-corrected chi connectivity index (χ0v) is 64.8. The first kappa shape index (κ1) is 91.9. The number of likely N-dealkylation sites (N-methyl/N-ethyl adjacent to an activating group) is 1. The molecule has 0 fully saturated rings. The van der Waals surface area contributed by atoms with Crippen LogP contribution >= 0.6 is 0 Å². The van der Waals surface area contributed by atoms with Gasteiger partial charge in [-0.1, -0.05) is 333 Å². The van der Waals surface area contributed by atoms with Gasteiger partial charge in [0.15, 0.2) is 0 Å². The maximum absolute atomic E-state index is 14.7. The molecule has 13 heteroatoms. The van der Waals surface area contributed by atoms with Crippen molar-refractivity contribution < 1.29 is 62.4 Å². The average molecular weight is 1360 g/mol. The Labute approximate surface area is 590 Å². The van der Waals surface area contributed by atoms with Crippen molar-refractivity contribution in [3.63, 3.8) is 0 Å². The maximum atomic E-state index is 14.7. The van der Waals surface area contributed by atoms with E-state index in [9.17, 15) is 29.1 Å². The normalized spacial score (nSPS) is 12.4. The van der Waals surface area contributed by atoms with Gasteiger partial charge in [0, 0.05) is 11.1 Å². The second-order valence-electron chi connectivity index (χ2n) is 30.5. The summed E-state index contributed by atoms with van der Waals surface area (Å²) < 4.78 is 34.6. The van der Waals surface area contributed by atoms with Gasteiger partial charge < -0.3 is 38.4 Å². The number of quaternary nitrogens is 1. The molecule has 0 atom stereocenters. The predicted molar refractivity (Wildman–Crippen MR) is 396 cm³/mol. The fourth-order valence-electron chi connectivity index (χ4n) is 11.9. The fourth-order valence-corrected chi connectivity index (χ4v) is 11.9. The highest BCUT2D eigenvalue weighted by atomic mass is 16.6. The molecule has 0 unspecified atom stereocenters. The zero-order valence-electron chi connectivity index (χ0n) is 64.8. The van der Waals surface area contributed by atoms with Crippen molar-refractivity contribution in [2.24, 2.45) is 29.6 Å². The number of hydrogen-bond donors (Lipinski definition) is 1. The van der Waals surface area contributed by atoms with Gasteiger partial charge in [-0.05, 0) is 75.2 Å². The summed E-state index contributed by atoms with van der Waals surface area (Å²) in [7, 11) is 4.02. The van der Waals surface area contributed by atoms with E-state index in [1.54, 1.807) is 6.92 Å². The van der Waals surface area contributed by atoms with Crippen LogP contribution in [0.5, 0.6) is 0 Å². The Hall–Kier alpha value is -4.13. The summed E-state index contributed by atoms with van der Waals surface area (Å²) in [5.41, 5.74) is -1.94. The summed E-state index contributed by atoms with van der Waals surface area (Å²) in [5, 5.41) is 14.7. The predicted octanol–water partition coefficient (Wildman–Crippen LogP) is 20.4. The number of hydrogen-bond acceptors (Lipinski definition) is 12. The fraction of sp³-hybridized carbons (Fsp3) is 0.843. The molecule has 0 aromatic rings. The molecule has 0 aromatic heterocycles. The number of carbonyl (C=O) groups excluding carboxylic acids is 5. The monoisotopic (exact) mass is 1350 g/mol. The van der Waals surface area contributed by atoms with Gasteiger partial charge in [0.1, 0.15) is 13.2 Å². The second-order valence-corrected chi connectivity index (χ2v) is 30.5. The van der Waals surface area contributed by atoms with E-state index >= 15 is 0 Å². The van der Waals surface area contributed by atoms with Gasteiger partial charge >= 0.3 is 29.8 Å². The van der Waals surface area contributed by atoms with E-state index in [2.05, 4.69) is 75.8 Å². The summed E-state index contributed by atoms with van der Waals surface area (Å²) in [5.74, 6) is -1.56. The minimum Gasteiger partial charge on any atom is -0.613 e. The molecule has 13 nitrogen and oxygen atoms in total. The third-order valence-electron chi connectivity index (χ3n) is 18.0. The van der Waals surface area contributed by atoms with Crippen LogP contribution in [0.3, 0.4) is 0 Å². The lowest BCUT2D eigenvalue weighted by Gasteiger charge is -2.21. The summed E-state index contributed by atoms with van der Waals surface area (Å²) in [6.45, 7) is 29.3. The molecule has 1 N–H and O–H groups in total. The van der Waals surface area contributed by atoms with Gasteiger partial charge in [0.25, 0.3) is 0 Å². The first-order chi connectivity index (χ1) is 46.1. The lowest BCUT2D eigenvalue weighted by Crippen LogP contribution is -3.06. The van der Waals surface area contributed by atoms with Crippen LogP contribution in [0, 0.1) is 29.6 Å². The SMILES string of the molecule is C=C(C)C(=O)OCC[NH+](C)C.CC(C)CCCCCCCCCCOC(=O)C1=C(C(=O)OCCCCCCCCCCC(C)C)C(C(=O)OCCCCCCCCCCC(C)C)=C(C(=O)OCCCCCCCCCCC(C)C)C1=C([O-])OCCCCCCCCCCC(C)C. The highest BCUT2D eigenvalue weighted by Gasteiger charge is 2.46. The third-order valence-corrected chi connectivity index (χ3v) is 18.0. The Morgan fingerprint density at radius 3 is 0.708 bits per heavy atom. The summed E-state index contributed by atoms with van der Waals surface area (Å²) in [6.07, 6.45) is 48.2. The van der Waals surface area contributed by atoms with E-state index in [1.807, 2.05) is 14.1 Å². The van der Waals surface area contributed by atoms with Gasteiger partial charge in [-0.2, -0.15) is 0 Å². The van der Waals surface area contributed by atoms with Crippen molar-refractivity contribution in [1.82, 2.24) is 0 Å². The molecule has 0 saturated carbocycles. The molecule has 1 aliphatic rings. The largest absolute Gasteiger partial charge is 0.613 e. The van der Waals surface area contributed by atoms with Crippen LogP contribution in [0.2, 0.25) is 0 Å². The van der Waals surface area contributed by atoms with Gasteiger partial charge in [-0.25, -0.2) is 24.0 Å². The third kappa shape index (κ3) is 52.9. The molecule has 0 heterocycles. The molecule has 0 spiro atoms. The molecular formula is C83H151NO12. The molecule has 0 amide bonds. The zero-order chi connectivity index (χ0) is 71.4. The van der Waals surface area contributed by atoms with Crippen LogP contribution in [0.15, 0.2) is 46.0 Å². The lowest BCUT2D eigenvalue weighted by molar-refractivity contribution is -0.858. The Kier molecular flexibility index (Phi) is 60.4. The molecule has 0 bridgehead atoms. The minimum atomic E-state index is -0.979. The lowest BCUT2D eigenvalue weighted by atomic mass is 10.0. The Morgan fingerprint density at radius 1 is 0.302 bits per heavy atom. The molecule has 0 aliphatic heterocycles. The Morgan fingerprint density at radius 2 is 0.500 bits per heavy atom. The number of esters is 5. The van der Waals surface area contributed by atoms with E-state index < -0.39 is 57.7 Å². The average Bonchev–Trinajstić information content (AvgIpc) is 1.59. The highest BCUT2D eigenvalue weighted by molar-refractivity contribution is 6.23. The molecular weight excluding hydrogens is 1200 g/mol. The van der Waals surface area contributed by atoms with Crippen LogP contribution in [0.1, 0.15) is 365 Å². The van der Waals surface area contributed by atoms with Crippen molar-refractivity contribution in [2.45, 2.75) is 365 Å². The number of unbranched alkanes of at least 4 members (excludes halogenated alkanes) is 35. The number of rotatable bonds is 64. The van der Waals surface area contributed by atoms with Gasteiger partial charge in [0.05, 0.1) is 68.8 Å². The van der Waals surface area contributed by atoms with E-state index in [1.165, 1.54) is 133 Å². The van der Waals surface area contributed by atoms with Crippen molar-refractivity contribution in [1.29, 1.82) is 0 Å². The number of nitrogens with one attached hydrogen (secondary N) is 1. The van der Waals surface area contributed by atoms with Crippen LogP contribution in [0.25, 0.3) is 0 Å². The van der Waals surface area contributed by atoms with Crippen molar-refractivity contribution in [3.8, 4) is 0 Å². The van der Waals surface area contributed by atoms with E-state index in [4.69, 9.17) is 28.4 Å². The smallest absolute Gasteiger partial charge is 0.339 e. The number of ether oxygens (including phenoxy) is 6. The second kappa shape index (κ2) is 63.1. The van der Waals surface area contributed by atoms with Crippen LogP contribution in [-0.2, 0) is 52.4 Å². The topological polar surface area (TPSA) is 168 Å². The van der Waals surface area contributed by atoms with Crippen molar-refractivity contribution in [2.75, 3.05) is 60.3 Å². The Bertz CT molecular complexity index is 1980. The van der Waals surface area contributed by atoms with Crippen LogP contribution < -0.4 is 10.0 Å². The van der Waals surface area contributed by atoms with Gasteiger partial charge in [-0.15, -0.1) is 0 Å². The quantitative estimate of drug-likeness (QED) is 0.0201. The van der Waals surface area contributed by atoms with Gasteiger partial charge in [-0.3, -0.25) is 0 Å². The molecule has 96 heavy (non-hydrogen) atoms. The first-order valence-electron chi connectivity index (χ1n) is 40.0. The van der Waals surface area contributed by atoms with E-state index in [0.29, 0.717) is 44.3 Å². The van der Waals surface area contributed by atoms with Gasteiger partial charge in [0.2, 0.25) is 0 Å². The summed E-state index contributed by atoms with van der Waals surface area (Å²) >= 11 is 0. The summed E-state index contributed by atoms with van der Waals surface area (Å²) in [4.78, 5) is 71.0. The molecule has 560 valence electrons. The maximum Gasteiger partial charge on any atom is 0.339 e. The van der Waals surface area contributed by atoms with E-state index in [-0.39, 0.29) is 39.0 Å². The number of carbonyl (C=O) groups is 5. The minimum absolute atomic E-state index is 0.0340. The standard InChI is InChI=1S/C75H136O10.C8H15NO2/c1-61(2)51-41-31-21-11-16-26-36-46-56-81-71(76)66-67(72(77)82-57-47-37-27-17-12-22-32-42-52-62(3)4)69(74(79)84-59-49-39-29-19-14-24-34-44-54-64(7)8)70(75(80)85-60-50-40-30-20-15-25-35-45-55-65(9)10)68(66)73(78)83-58-48-38-28-18-13-23-33-43-53-63(5)6;1-7(2)8(10)11-6-5-9(3)4/h61-65,76H,11-60H2,1-10H3;1,5-6H2,2-4H3. The molecule has 1 rings (SSSR count).